The molecule has 0 radical (unpaired) electrons. The Hall–Kier alpha value is -2.62. The largest absolute Gasteiger partial charge is 0.457 e. The second kappa shape index (κ2) is 6.02. The zero-order chi connectivity index (χ0) is 15.5. The summed E-state index contributed by atoms with van der Waals surface area (Å²) >= 11 is 0. The first-order chi connectivity index (χ1) is 10.6. The van der Waals surface area contributed by atoms with Crippen molar-refractivity contribution in [2.75, 3.05) is 5.32 Å². The number of aryl methyl sites for hydroxylation is 2. The van der Waals surface area contributed by atoms with Crippen molar-refractivity contribution in [1.82, 2.24) is 0 Å². The maximum atomic E-state index is 12.2. The Labute approximate surface area is 129 Å². The lowest BCUT2D eigenvalue weighted by Gasteiger charge is -2.17. The Kier molecular flexibility index (Phi) is 3.92. The van der Waals surface area contributed by atoms with Gasteiger partial charge in [0.15, 0.2) is 0 Å². The maximum Gasteiger partial charge on any atom is 0.338 e. The van der Waals surface area contributed by atoms with Crippen molar-refractivity contribution in [2.24, 2.45) is 0 Å². The average molecular weight is 295 g/mol. The second-order valence-electron chi connectivity index (χ2n) is 5.42. The molecule has 1 N–H and O–H groups in total. The molecule has 0 fully saturated rings. The number of rotatable bonds is 3. The van der Waals surface area contributed by atoms with Crippen LogP contribution in [0.25, 0.3) is 0 Å². The van der Waals surface area contributed by atoms with Gasteiger partial charge < -0.3 is 10.1 Å². The number of hydrogen-bond acceptors (Lipinski definition) is 3. The number of fused-ring (bicyclic) bond motifs is 1. The average Bonchev–Trinajstić information content (AvgIpc) is 2.53. The molecule has 0 spiro atoms. The van der Waals surface area contributed by atoms with E-state index in [0.29, 0.717) is 18.4 Å². The number of hydrogen-bond donors (Lipinski definition) is 1. The van der Waals surface area contributed by atoms with E-state index in [2.05, 4.69) is 5.32 Å². The van der Waals surface area contributed by atoms with Crippen LogP contribution in [0.15, 0.2) is 42.5 Å². The Morgan fingerprint density at radius 3 is 2.82 bits per heavy atom. The van der Waals surface area contributed by atoms with Gasteiger partial charge in [0.1, 0.15) is 6.61 Å². The molecule has 0 saturated heterocycles. The van der Waals surface area contributed by atoms with Crippen molar-refractivity contribution >= 4 is 17.6 Å². The summed E-state index contributed by atoms with van der Waals surface area (Å²) in [6, 6.07) is 13.1. The zero-order valence-corrected chi connectivity index (χ0v) is 12.4. The van der Waals surface area contributed by atoms with Crippen molar-refractivity contribution in [3.8, 4) is 0 Å². The first kappa shape index (κ1) is 14.3. The van der Waals surface area contributed by atoms with Crippen LogP contribution in [-0.2, 0) is 22.6 Å². The predicted octanol–water partition coefficient (Wildman–Crippen LogP) is 3.24. The fraction of sp³-hybridized carbons (Fsp3) is 0.222. The van der Waals surface area contributed by atoms with Gasteiger partial charge in [-0.1, -0.05) is 24.3 Å². The summed E-state index contributed by atoms with van der Waals surface area (Å²) in [5, 5.41) is 2.80. The molecule has 2 aromatic carbocycles. The molecule has 3 rings (SSSR count). The van der Waals surface area contributed by atoms with E-state index in [1.165, 1.54) is 0 Å². The topological polar surface area (TPSA) is 55.4 Å². The summed E-state index contributed by atoms with van der Waals surface area (Å²) in [5.41, 5.74) is 4.38. The number of carbonyl (C=O) groups excluding carboxylic acids is 2. The second-order valence-corrected chi connectivity index (χ2v) is 5.42. The van der Waals surface area contributed by atoms with E-state index in [1.807, 2.05) is 31.2 Å². The summed E-state index contributed by atoms with van der Waals surface area (Å²) in [7, 11) is 0. The van der Waals surface area contributed by atoms with Crippen molar-refractivity contribution in [3.63, 3.8) is 0 Å². The van der Waals surface area contributed by atoms with Crippen molar-refractivity contribution in [1.29, 1.82) is 0 Å². The number of nitrogens with one attached hydrogen (secondary N) is 1. The van der Waals surface area contributed by atoms with Crippen molar-refractivity contribution < 1.29 is 14.3 Å². The number of amides is 1. The normalized spacial score (nSPS) is 13.2. The molecular weight excluding hydrogens is 278 g/mol. The van der Waals surface area contributed by atoms with Crippen LogP contribution in [0.2, 0.25) is 0 Å². The molecule has 0 saturated carbocycles. The van der Waals surface area contributed by atoms with E-state index in [0.717, 1.165) is 22.4 Å². The number of carbonyl (C=O) groups is 2. The van der Waals surface area contributed by atoms with E-state index in [-0.39, 0.29) is 18.5 Å². The lowest BCUT2D eigenvalue weighted by molar-refractivity contribution is -0.116. The molecule has 0 aliphatic carbocycles. The van der Waals surface area contributed by atoms with Gasteiger partial charge in [-0.2, -0.15) is 0 Å². The molecule has 0 unspecified atom stereocenters. The van der Waals surface area contributed by atoms with E-state index < -0.39 is 0 Å². The van der Waals surface area contributed by atoms with Gasteiger partial charge in [-0.15, -0.1) is 0 Å². The maximum absolute atomic E-state index is 12.2. The minimum Gasteiger partial charge on any atom is -0.457 e. The highest BCUT2D eigenvalue weighted by molar-refractivity contribution is 5.96. The third-order valence-corrected chi connectivity index (χ3v) is 3.86. The van der Waals surface area contributed by atoms with Crippen LogP contribution in [0, 0.1) is 6.92 Å². The highest BCUT2D eigenvalue weighted by Crippen LogP contribution is 2.24. The minimum absolute atomic E-state index is 0.0161. The lowest BCUT2D eigenvalue weighted by atomic mass is 10.0. The molecule has 2 aromatic rings. The summed E-state index contributed by atoms with van der Waals surface area (Å²) in [6.07, 6.45) is 1.11. The van der Waals surface area contributed by atoms with E-state index in [9.17, 15) is 9.59 Å². The monoisotopic (exact) mass is 295 g/mol. The zero-order valence-electron chi connectivity index (χ0n) is 12.4. The molecule has 0 bridgehead atoms. The number of anilines is 1. The molecule has 1 amide bonds. The molecule has 22 heavy (non-hydrogen) atoms. The molecule has 0 atom stereocenters. The predicted molar refractivity (Wildman–Crippen MR) is 83.7 cm³/mol. The smallest absolute Gasteiger partial charge is 0.338 e. The summed E-state index contributed by atoms with van der Waals surface area (Å²) in [6.45, 7) is 2.25. The van der Waals surface area contributed by atoms with E-state index >= 15 is 0 Å². The van der Waals surface area contributed by atoms with Crippen LogP contribution in [-0.4, -0.2) is 11.9 Å². The molecule has 4 nitrogen and oxygen atoms in total. The summed E-state index contributed by atoms with van der Waals surface area (Å²) in [5.74, 6) is -0.328. The highest BCUT2D eigenvalue weighted by Gasteiger charge is 2.17. The van der Waals surface area contributed by atoms with Crippen molar-refractivity contribution in [3.05, 3.63) is 64.7 Å². The fourth-order valence-corrected chi connectivity index (χ4v) is 2.51. The van der Waals surface area contributed by atoms with Gasteiger partial charge in [0.2, 0.25) is 5.91 Å². The standard InChI is InChI=1S/C18H17NO3/c1-12-4-2-3-5-15(12)11-22-18(21)14-6-8-16-13(10-14)7-9-17(20)19-16/h2-6,8,10H,7,9,11H2,1H3,(H,19,20). The first-order valence-electron chi connectivity index (χ1n) is 7.28. The van der Waals surface area contributed by atoms with Crippen LogP contribution in [0.3, 0.4) is 0 Å². The number of esters is 1. The molecule has 0 aromatic heterocycles. The molecule has 1 heterocycles. The van der Waals surface area contributed by atoms with Crippen LogP contribution in [0.5, 0.6) is 0 Å². The Morgan fingerprint density at radius 2 is 2.00 bits per heavy atom. The van der Waals surface area contributed by atoms with Gasteiger partial charge >= 0.3 is 5.97 Å². The van der Waals surface area contributed by atoms with Crippen LogP contribution in [0.1, 0.15) is 33.5 Å². The fourth-order valence-electron chi connectivity index (χ4n) is 2.51. The SMILES string of the molecule is Cc1ccccc1COC(=O)c1ccc2c(c1)CCC(=O)N2. The van der Waals surface area contributed by atoms with Gasteiger partial charge in [-0.25, -0.2) is 4.79 Å². The highest BCUT2D eigenvalue weighted by atomic mass is 16.5. The van der Waals surface area contributed by atoms with Gasteiger partial charge in [-0.3, -0.25) is 4.79 Å². The Bertz CT molecular complexity index is 737. The van der Waals surface area contributed by atoms with Gasteiger partial charge in [0.05, 0.1) is 5.56 Å². The van der Waals surface area contributed by atoms with E-state index in [4.69, 9.17) is 4.74 Å². The molecule has 1 aliphatic heterocycles. The number of benzene rings is 2. The van der Waals surface area contributed by atoms with Gasteiger partial charge in [-0.05, 0) is 48.2 Å². The number of ether oxygens (including phenoxy) is 1. The molecule has 4 heteroatoms. The minimum atomic E-state index is -0.344. The lowest BCUT2D eigenvalue weighted by Crippen LogP contribution is -2.19. The summed E-state index contributed by atoms with van der Waals surface area (Å²) < 4.78 is 5.38. The molecule has 112 valence electrons. The van der Waals surface area contributed by atoms with E-state index in [1.54, 1.807) is 18.2 Å². The summed E-state index contributed by atoms with van der Waals surface area (Å²) in [4.78, 5) is 23.5. The van der Waals surface area contributed by atoms with Gasteiger partial charge in [0, 0.05) is 12.1 Å². The van der Waals surface area contributed by atoms with Crippen LogP contribution in [0.4, 0.5) is 5.69 Å². The Morgan fingerprint density at radius 1 is 1.18 bits per heavy atom. The molecular formula is C18H17NO3. The van der Waals surface area contributed by atoms with Gasteiger partial charge in [0.25, 0.3) is 0 Å². The molecule has 1 aliphatic rings. The van der Waals surface area contributed by atoms with Crippen LogP contribution < -0.4 is 5.32 Å². The third kappa shape index (κ3) is 3.01. The Balaban J connectivity index is 1.70. The van der Waals surface area contributed by atoms with Crippen molar-refractivity contribution in [2.45, 2.75) is 26.4 Å². The first-order valence-corrected chi connectivity index (χ1v) is 7.28. The van der Waals surface area contributed by atoms with Crippen LogP contribution >= 0.6 is 0 Å². The quantitative estimate of drug-likeness (QED) is 0.884. The third-order valence-electron chi connectivity index (χ3n) is 3.86.